The number of thioether (sulfide) groups is 1. The zero-order valence-corrected chi connectivity index (χ0v) is 20.8. The topological polar surface area (TPSA) is 75.6 Å². The van der Waals surface area contributed by atoms with Crippen molar-refractivity contribution in [3.8, 4) is 17.1 Å². The molecule has 0 fully saturated rings. The Morgan fingerprint density at radius 2 is 1.81 bits per heavy atom. The third kappa shape index (κ3) is 5.21. The molecule has 5 aromatic rings. The lowest BCUT2D eigenvalue weighted by Gasteiger charge is -2.15. The average molecular weight is 542 g/mol. The van der Waals surface area contributed by atoms with E-state index in [9.17, 15) is 18.0 Å². The van der Waals surface area contributed by atoms with E-state index in [-0.39, 0.29) is 5.69 Å². The first-order chi connectivity index (χ1) is 17.7. The smallest absolute Gasteiger partial charge is 0.360 e. The van der Waals surface area contributed by atoms with Crippen LogP contribution in [-0.2, 0) is 11.0 Å². The average Bonchev–Trinajstić information content (AvgIpc) is 3.48. The largest absolute Gasteiger partial charge is 0.416 e. The highest BCUT2D eigenvalue weighted by Crippen LogP contribution is 2.35. The van der Waals surface area contributed by atoms with Gasteiger partial charge in [0, 0.05) is 39.1 Å². The maximum Gasteiger partial charge on any atom is 0.416 e. The number of alkyl halides is 3. The van der Waals surface area contributed by atoms with Crippen molar-refractivity contribution in [2.45, 2.75) is 23.5 Å². The zero-order valence-electron chi connectivity index (χ0n) is 19.3. The number of carbonyl (C=O) groups is 1. The van der Waals surface area contributed by atoms with Crippen LogP contribution in [0.1, 0.15) is 12.5 Å². The number of para-hydroxylation sites is 1. The summed E-state index contributed by atoms with van der Waals surface area (Å²) in [7, 11) is 0. The lowest BCUT2D eigenvalue weighted by molar-refractivity contribution is -0.137. The molecular formula is C26H19ClF3N5OS. The molecule has 11 heteroatoms. The van der Waals surface area contributed by atoms with Crippen LogP contribution in [0, 0.1) is 0 Å². The first kappa shape index (κ1) is 24.9. The summed E-state index contributed by atoms with van der Waals surface area (Å²) in [5, 5.41) is 12.6. The van der Waals surface area contributed by atoms with E-state index in [0.717, 1.165) is 46.0 Å². The summed E-state index contributed by atoms with van der Waals surface area (Å²) >= 11 is 7.24. The first-order valence-electron chi connectivity index (χ1n) is 11.1. The Bertz CT molecular complexity index is 1580. The normalized spacial score (nSPS) is 12.6. The Morgan fingerprint density at radius 3 is 2.57 bits per heavy atom. The van der Waals surface area contributed by atoms with Crippen molar-refractivity contribution in [1.82, 2.24) is 19.7 Å². The SMILES string of the molecule is C[C@@H](Sc1nnc(-c2c[nH]c3ccccc23)n1-c1ccc(Cl)cc1)C(=O)Nc1cccc(C(F)(F)F)c1. The van der Waals surface area contributed by atoms with E-state index in [1.54, 1.807) is 19.1 Å². The van der Waals surface area contributed by atoms with Crippen molar-refractivity contribution in [3.05, 3.63) is 89.6 Å². The summed E-state index contributed by atoms with van der Waals surface area (Å²) in [5.41, 5.74) is 1.72. The molecule has 0 spiro atoms. The van der Waals surface area contributed by atoms with Gasteiger partial charge in [0.2, 0.25) is 5.91 Å². The fourth-order valence-electron chi connectivity index (χ4n) is 3.83. The molecule has 2 N–H and O–H groups in total. The van der Waals surface area contributed by atoms with E-state index in [0.29, 0.717) is 16.0 Å². The van der Waals surface area contributed by atoms with E-state index in [1.165, 1.54) is 12.1 Å². The van der Waals surface area contributed by atoms with Gasteiger partial charge in [0.1, 0.15) is 0 Å². The van der Waals surface area contributed by atoms with E-state index in [4.69, 9.17) is 11.6 Å². The van der Waals surface area contributed by atoms with Crippen molar-refractivity contribution in [2.24, 2.45) is 0 Å². The molecule has 188 valence electrons. The second-order valence-electron chi connectivity index (χ2n) is 8.19. The molecule has 2 aromatic heterocycles. The van der Waals surface area contributed by atoms with E-state index in [2.05, 4.69) is 20.5 Å². The number of carbonyl (C=O) groups excluding carboxylic acids is 1. The van der Waals surface area contributed by atoms with Crippen LogP contribution in [0.25, 0.3) is 28.0 Å². The number of halogens is 4. The molecule has 0 unspecified atom stereocenters. The summed E-state index contributed by atoms with van der Waals surface area (Å²) in [6.45, 7) is 1.65. The minimum absolute atomic E-state index is 0.0610. The monoisotopic (exact) mass is 541 g/mol. The molecular weight excluding hydrogens is 523 g/mol. The zero-order chi connectivity index (χ0) is 26.2. The quantitative estimate of drug-likeness (QED) is 0.223. The van der Waals surface area contributed by atoms with Crippen molar-refractivity contribution in [3.63, 3.8) is 0 Å². The highest BCUT2D eigenvalue weighted by atomic mass is 35.5. The number of nitrogens with zero attached hydrogens (tertiary/aromatic N) is 3. The van der Waals surface area contributed by atoms with Crippen LogP contribution >= 0.6 is 23.4 Å². The van der Waals surface area contributed by atoms with Crippen LogP contribution < -0.4 is 5.32 Å². The molecule has 1 amide bonds. The molecule has 0 saturated heterocycles. The van der Waals surface area contributed by atoms with Gasteiger partial charge in [-0.1, -0.05) is 47.6 Å². The summed E-state index contributed by atoms with van der Waals surface area (Å²) in [4.78, 5) is 16.1. The molecule has 3 aromatic carbocycles. The molecule has 1 atom stereocenters. The number of benzene rings is 3. The molecule has 0 aliphatic heterocycles. The standard InChI is InChI=1S/C26H19ClF3N5OS/c1-15(24(36)32-18-6-4-5-16(13-18)26(28,29)30)37-25-34-33-23(35(25)19-11-9-17(27)10-12-19)21-14-31-22-8-3-2-7-20(21)22/h2-15,31H,1H3,(H,32,36)/t15-/m1/s1. The Labute approximate surface area is 218 Å². The van der Waals surface area contributed by atoms with Gasteiger partial charge < -0.3 is 10.3 Å². The Kier molecular flexibility index (Phi) is 6.70. The second-order valence-corrected chi connectivity index (χ2v) is 9.94. The number of anilines is 1. The van der Waals surface area contributed by atoms with Gasteiger partial charge >= 0.3 is 6.18 Å². The van der Waals surface area contributed by atoms with Crippen LogP contribution in [-0.4, -0.2) is 30.9 Å². The molecule has 6 nitrogen and oxygen atoms in total. The third-order valence-electron chi connectivity index (χ3n) is 5.66. The number of nitrogens with one attached hydrogen (secondary N) is 2. The number of fused-ring (bicyclic) bond motifs is 1. The molecule has 37 heavy (non-hydrogen) atoms. The number of amides is 1. The number of rotatable bonds is 6. The number of H-pyrrole nitrogens is 1. The lowest BCUT2D eigenvalue weighted by atomic mass is 10.1. The minimum Gasteiger partial charge on any atom is -0.360 e. The van der Waals surface area contributed by atoms with Crippen LogP contribution in [0.2, 0.25) is 5.02 Å². The lowest BCUT2D eigenvalue weighted by Crippen LogP contribution is -2.23. The Hall–Kier alpha value is -3.76. The van der Waals surface area contributed by atoms with Crippen LogP contribution in [0.15, 0.2) is 84.1 Å². The predicted molar refractivity (Wildman–Crippen MR) is 139 cm³/mol. The van der Waals surface area contributed by atoms with E-state index < -0.39 is 22.9 Å². The van der Waals surface area contributed by atoms with Crippen molar-refractivity contribution in [2.75, 3.05) is 5.32 Å². The van der Waals surface area contributed by atoms with Crippen LogP contribution in [0.4, 0.5) is 18.9 Å². The molecule has 0 saturated carbocycles. The number of hydrogen-bond acceptors (Lipinski definition) is 4. The minimum atomic E-state index is -4.51. The van der Waals surface area contributed by atoms with Crippen LogP contribution in [0.5, 0.6) is 0 Å². The summed E-state index contributed by atoms with van der Waals surface area (Å²) < 4.78 is 41.0. The highest BCUT2D eigenvalue weighted by Gasteiger charge is 2.31. The van der Waals surface area contributed by atoms with Gasteiger partial charge in [-0.25, -0.2) is 0 Å². The van der Waals surface area contributed by atoms with Gasteiger partial charge in [0.15, 0.2) is 11.0 Å². The maximum absolute atomic E-state index is 13.1. The number of aromatic nitrogens is 4. The third-order valence-corrected chi connectivity index (χ3v) is 6.95. The molecule has 0 aliphatic carbocycles. The van der Waals surface area contributed by atoms with Crippen molar-refractivity contribution in [1.29, 1.82) is 0 Å². The fourth-order valence-corrected chi connectivity index (χ4v) is 4.82. The van der Waals surface area contributed by atoms with Gasteiger partial charge in [0.05, 0.1) is 10.8 Å². The predicted octanol–water partition coefficient (Wildman–Crippen LogP) is 7.21. The number of hydrogen-bond donors (Lipinski definition) is 2. The van der Waals surface area contributed by atoms with Crippen LogP contribution in [0.3, 0.4) is 0 Å². The summed E-state index contributed by atoms with van der Waals surface area (Å²) in [6, 6.07) is 19.4. The molecule has 2 heterocycles. The van der Waals surface area contributed by atoms with Gasteiger partial charge in [0.25, 0.3) is 0 Å². The molecule has 0 bridgehead atoms. The highest BCUT2D eigenvalue weighted by molar-refractivity contribution is 8.00. The van der Waals surface area contributed by atoms with Gasteiger partial charge in [-0.15, -0.1) is 10.2 Å². The fraction of sp³-hybridized carbons (Fsp3) is 0.115. The van der Waals surface area contributed by atoms with Gasteiger partial charge in [-0.05, 0) is 55.5 Å². The second kappa shape index (κ2) is 9.95. The molecule has 0 radical (unpaired) electrons. The van der Waals surface area contributed by atoms with Crippen molar-refractivity contribution < 1.29 is 18.0 Å². The van der Waals surface area contributed by atoms with E-state index >= 15 is 0 Å². The Morgan fingerprint density at radius 1 is 1.05 bits per heavy atom. The Balaban J connectivity index is 1.47. The molecule has 0 aliphatic rings. The van der Waals surface area contributed by atoms with Gasteiger partial charge in [-0.3, -0.25) is 9.36 Å². The molecule has 5 rings (SSSR count). The van der Waals surface area contributed by atoms with Crippen molar-refractivity contribution >= 4 is 45.9 Å². The maximum atomic E-state index is 13.1. The summed E-state index contributed by atoms with van der Waals surface area (Å²) in [5.74, 6) is 0.0939. The first-order valence-corrected chi connectivity index (χ1v) is 12.4. The summed E-state index contributed by atoms with van der Waals surface area (Å²) in [6.07, 6.45) is -2.66. The van der Waals surface area contributed by atoms with E-state index in [1.807, 2.05) is 47.2 Å². The van der Waals surface area contributed by atoms with Gasteiger partial charge in [-0.2, -0.15) is 13.2 Å². The number of aromatic amines is 1.